The van der Waals surface area contributed by atoms with Gasteiger partial charge in [0.2, 0.25) is 5.88 Å². The van der Waals surface area contributed by atoms with Crippen LogP contribution in [0.5, 0.6) is 5.88 Å². The number of aliphatic imine (C=N–C) groups is 1. The molecule has 5 nitrogen and oxygen atoms in total. The van der Waals surface area contributed by atoms with E-state index in [1.54, 1.807) is 13.2 Å². The Bertz CT molecular complexity index is 424. The molecule has 0 bridgehead atoms. The maximum absolute atomic E-state index is 5.38. The lowest BCUT2D eigenvalue weighted by molar-refractivity contribution is 0.326. The van der Waals surface area contributed by atoms with Crippen LogP contribution in [0.15, 0.2) is 23.3 Å². The van der Waals surface area contributed by atoms with Crippen molar-refractivity contribution in [2.24, 2.45) is 4.99 Å². The molecule has 0 saturated carbocycles. The van der Waals surface area contributed by atoms with E-state index in [1.165, 1.54) is 0 Å². The van der Waals surface area contributed by atoms with E-state index in [0.29, 0.717) is 19.0 Å². The summed E-state index contributed by atoms with van der Waals surface area (Å²) in [5, 5.41) is 6.58. The molecule has 0 atom stereocenters. The maximum Gasteiger partial charge on any atom is 0.213 e. The Hall–Kier alpha value is -1.78. The molecular weight excluding hydrogens is 240 g/mol. The Labute approximate surface area is 115 Å². The molecule has 0 radical (unpaired) electrons. The molecular formula is C14H24N4O. The fraction of sp³-hybridized carbons (Fsp3) is 0.571. The third-order valence-electron chi connectivity index (χ3n) is 2.27. The fourth-order valence-electron chi connectivity index (χ4n) is 1.51. The second kappa shape index (κ2) is 6.97. The number of hydrogen-bond acceptors (Lipinski definition) is 3. The predicted octanol–water partition coefficient (Wildman–Crippen LogP) is 1.94. The lowest BCUT2D eigenvalue weighted by Gasteiger charge is -2.23. The van der Waals surface area contributed by atoms with E-state index in [4.69, 9.17) is 4.74 Å². The van der Waals surface area contributed by atoms with Gasteiger partial charge in [0.15, 0.2) is 5.96 Å². The summed E-state index contributed by atoms with van der Waals surface area (Å²) in [6.07, 6.45) is 1.75. The van der Waals surface area contributed by atoms with Gasteiger partial charge in [-0.15, -0.1) is 0 Å². The first-order valence-electron chi connectivity index (χ1n) is 6.51. The minimum absolute atomic E-state index is 0.0173. The molecule has 5 heteroatoms. The molecule has 0 saturated heterocycles. The first kappa shape index (κ1) is 15.3. The van der Waals surface area contributed by atoms with Crippen molar-refractivity contribution in [1.82, 2.24) is 15.6 Å². The van der Waals surface area contributed by atoms with Gasteiger partial charge >= 0.3 is 0 Å². The Morgan fingerprint density at radius 2 is 2.16 bits per heavy atom. The third kappa shape index (κ3) is 6.08. The van der Waals surface area contributed by atoms with Gasteiger partial charge in [0, 0.05) is 31.4 Å². The van der Waals surface area contributed by atoms with Gasteiger partial charge in [-0.1, -0.05) is 0 Å². The molecule has 106 valence electrons. The van der Waals surface area contributed by atoms with Crippen molar-refractivity contribution < 1.29 is 4.74 Å². The molecule has 1 aromatic heterocycles. The number of hydrogen-bond donors (Lipinski definition) is 2. The van der Waals surface area contributed by atoms with Gasteiger partial charge in [-0.2, -0.15) is 0 Å². The van der Waals surface area contributed by atoms with E-state index in [0.717, 1.165) is 11.5 Å². The van der Waals surface area contributed by atoms with Crippen LogP contribution in [0.25, 0.3) is 0 Å². The molecule has 19 heavy (non-hydrogen) atoms. The van der Waals surface area contributed by atoms with Gasteiger partial charge in [-0.25, -0.2) is 4.98 Å². The van der Waals surface area contributed by atoms with Gasteiger partial charge in [-0.05, 0) is 39.3 Å². The van der Waals surface area contributed by atoms with Crippen molar-refractivity contribution >= 4 is 5.96 Å². The quantitative estimate of drug-likeness (QED) is 0.644. The Morgan fingerprint density at radius 1 is 1.42 bits per heavy atom. The number of rotatable bonds is 4. The largest absolute Gasteiger partial charge is 0.478 e. The summed E-state index contributed by atoms with van der Waals surface area (Å²) in [5.74, 6) is 1.43. The van der Waals surface area contributed by atoms with E-state index >= 15 is 0 Å². The van der Waals surface area contributed by atoms with E-state index in [-0.39, 0.29) is 5.54 Å². The van der Waals surface area contributed by atoms with Gasteiger partial charge in [-0.3, -0.25) is 4.99 Å². The summed E-state index contributed by atoms with van der Waals surface area (Å²) in [4.78, 5) is 8.33. The number of ether oxygens (including phenoxy) is 1. The third-order valence-corrected chi connectivity index (χ3v) is 2.27. The van der Waals surface area contributed by atoms with Crippen LogP contribution in [-0.4, -0.2) is 30.1 Å². The zero-order valence-corrected chi connectivity index (χ0v) is 12.4. The van der Waals surface area contributed by atoms with Crippen LogP contribution in [0.4, 0.5) is 0 Å². The lowest BCUT2D eigenvalue weighted by atomic mass is 10.1. The molecule has 0 spiro atoms. The Balaban J connectivity index is 2.58. The van der Waals surface area contributed by atoms with Gasteiger partial charge < -0.3 is 15.4 Å². The van der Waals surface area contributed by atoms with Crippen LogP contribution in [0.3, 0.4) is 0 Å². The minimum atomic E-state index is -0.0173. The number of pyridine rings is 1. The minimum Gasteiger partial charge on any atom is -0.478 e. The van der Waals surface area contributed by atoms with Gasteiger partial charge in [0.25, 0.3) is 0 Å². The molecule has 1 aromatic rings. The van der Waals surface area contributed by atoms with E-state index in [1.807, 2.05) is 19.1 Å². The van der Waals surface area contributed by atoms with Crippen LogP contribution in [0.2, 0.25) is 0 Å². The smallest absolute Gasteiger partial charge is 0.213 e. The first-order chi connectivity index (χ1) is 8.94. The normalized spacial score (nSPS) is 12.2. The molecule has 0 fully saturated rings. The van der Waals surface area contributed by atoms with E-state index in [2.05, 4.69) is 41.4 Å². The Morgan fingerprint density at radius 3 is 2.74 bits per heavy atom. The van der Waals surface area contributed by atoms with Crippen LogP contribution < -0.4 is 15.4 Å². The predicted molar refractivity (Wildman–Crippen MR) is 78.5 cm³/mol. The zero-order chi connectivity index (χ0) is 14.3. The number of guanidine groups is 1. The van der Waals surface area contributed by atoms with Crippen LogP contribution in [-0.2, 0) is 6.54 Å². The van der Waals surface area contributed by atoms with Crippen molar-refractivity contribution in [2.75, 3.05) is 13.7 Å². The molecule has 0 aliphatic heterocycles. The topological polar surface area (TPSA) is 58.5 Å². The summed E-state index contributed by atoms with van der Waals surface area (Å²) in [6.45, 7) is 9.54. The number of nitrogens with one attached hydrogen (secondary N) is 2. The van der Waals surface area contributed by atoms with Gasteiger partial charge in [0.1, 0.15) is 0 Å². The highest BCUT2D eigenvalue weighted by molar-refractivity contribution is 5.80. The summed E-state index contributed by atoms with van der Waals surface area (Å²) >= 11 is 0. The Kier molecular flexibility index (Phi) is 5.60. The molecule has 0 unspecified atom stereocenters. The average Bonchev–Trinajstić information content (AvgIpc) is 2.34. The van der Waals surface area contributed by atoms with Crippen molar-refractivity contribution in [2.45, 2.75) is 39.8 Å². The fourth-order valence-corrected chi connectivity index (χ4v) is 1.51. The molecule has 1 heterocycles. The van der Waals surface area contributed by atoms with Crippen LogP contribution in [0, 0.1) is 0 Å². The summed E-state index contributed by atoms with van der Waals surface area (Å²) in [5.41, 5.74) is 1.09. The van der Waals surface area contributed by atoms with Crippen molar-refractivity contribution in [3.8, 4) is 5.88 Å². The highest BCUT2D eigenvalue weighted by Crippen LogP contribution is 2.09. The van der Waals surface area contributed by atoms with Crippen molar-refractivity contribution in [3.63, 3.8) is 0 Å². The number of aromatic nitrogens is 1. The highest BCUT2D eigenvalue weighted by Gasteiger charge is 2.11. The summed E-state index contributed by atoms with van der Waals surface area (Å²) in [7, 11) is 1.76. The average molecular weight is 264 g/mol. The molecule has 0 aliphatic carbocycles. The maximum atomic E-state index is 5.38. The molecule has 1 rings (SSSR count). The monoisotopic (exact) mass is 264 g/mol. The highest BCUT2D eigenvalue weighted by atomic mass is 16.5. The molecule has 0 aliphatic rings. The molecule has 2 N–H and O–H groups in total. The van der Waals surface area contributed by atoms with Crippen molar-refractivity contribution in [1.29, 1.82) is 0 Å². The standard InChI is InChI=1S/C14H24N4O/c1-6-19-12-9-11(7-8-16-12)10-17-13(15-5)18-14(2,3)4/h7-9H,6,10H2,1-5H3,(H2,15,17,18). The molecule has 0 aromatic carbocycles. The first-order valence-corrected chi connectivity index (χ1v) is 6.51. The molecule has 0 amide bonds. The van der Waals surface area contributed by atoms with E-state index in [9.17, 15) is 0 Å². The van der Waals surface area contributed by atoms with E-state index < -0.39 is 0 Å². The second-order valence-electron chi connectivity index (χ2n) is 5.24. The zero-order valence-electron chi connectivity index (χ0n) is 12.4. The second-order valence-corrected chi connectivity index (χ2v) is 5.24. The van der Waals surface area contributed by atoms with Gasteiger partial charge in [0.05, 0.1) is 6.61 Å². The number of nitrogens with zero attached hydrogens (tertiary/aromatic N) is 2. The summed E-state index contributed by atoms with van der Waals surface area (Å²) < 4.78 is 5.38. The SMILES string of the molecule is CCOc1cc(CNC(=NC)NC(C)(C)C)ccn1. The van der Waals surface area contributed by atoms with Crippen LogP contribution in [0.1, 0.15) is 33.3 Å². The summed E-state index contributed by atoms with van der Waals surface area (Å²) in [6, 6.07) is 3.89. The lowest BCUT2D eigenvalue weighted by Crippen LogP contribution is -2.47. The van der Waals surface area contributed by atoms with Crippen molar-refractivity contribution in [3.05, 3.63) is 23.9 Å². The van der Waals surface area contributed by atoms with Crippen LogP contribution >= 0.6 is 0 Å².